The predicted octanol–water partition coefficient (Wildman–Crippen LogP) is 4.23. The number of hydrogen-bond donors (Lipinski definition) is 0. The van der Waals surface area contributed by atoms with Gasteiger partial charge in [0.1, 0.15) is 5.82 Å². The first-order valence-corrected chi connectivity index (χ1v) is 6.76. The van der Waals surface area contributed by atoms with Gasteiger partial charge in [-0.2, -0.15) is 0 Å². The molecule has 0 saturated heterocycles. The highest BCUT2D eigenvalue weighted by atomic mass is 35.5. The van der Waals surface area contributed by atoms with E-state index >= 15 is 0 Å². The van der Waals surface area contributed by atoms with Crippen molar-refractivity contribution in [2.45, 2.75) is 45.1 Å². The molecule has 2 atom stereocenters. The van der Waals surface area contributed by atoms with E-state index in [0.29, 0.717) is 12.0 Å². The molecule has 1 aliphatic rings. The standard InChI is InChI=1S/C15H22FN.ClH/c1-3-9-17(10-4-2)15-11-13(15)12-7-5-6-8-14(12)16;/h5-8,13,15H,3-4,9-11H2,1-2H3;1H. The van der Waals surface area contributed by atoms with Crippen LogP contribution < -0.4 is 0 Å². The van der Waals surface area contributed by atoms with Gasteiger partial charge in [0.2, 0.25) is 0 Å². The van der Waals surface area contributed by atoms with Crippen molar-refractivity contribution in [2.75, 3.05) is 13.1 Å². The molecule has 1 fully saturated rings. The van der Waals surface area contributed by atoms with Crippen LogP contribution in [0.25, 0.3) is 0 Å². The highest BCUT2D eigenvalue weighted by Gasteiger charge is 2.43. The van der Waals surface area contributed by atoms with Gasteiger partial charge >= 0.3 is 0 Å². The maximum Gasteiger partial charge on any atom is 0.126 e. The van der Waals surface area contributed by atoms with Crippen molar-refractivity contribution in [3.05, 3.63) is 35.6 Å². The Labute approximate surface area is 116 Å². The molecular formula is C15H23ClFN. The molecule has 2 rings (SSSR count). The normalized spacial score (nSPS) is 21.8. The molecule has 0 N–H and O–H groups in total. The van der Waals surface area contributed by atoms with Crippen molar-refractivity contribution in [2.24, 2.45) is 0 Å². The Morgan fingerprint density at radius 1 is 1.17 bits per heavy atom. The summed E-state index contributed by atoms with van der Waals surface area (Å²) in [7, 11) is 0. The minimum absolute atomic E-state index is 0. The molecule has 102 valence electrons. The Bertz CT molecular complexity index is 363. The summed E-state index contributed by atoms with van der Waals surface area (Å²) in [5.74, 6) is 0.391. The van der Waals surface area contributed by atoms with E-state index in [1.807, 2.05) is 12.1 Å². The van der Waals surface area contributed by atoms with E-state index in [1.165, 1.54) is 12.8 Å². The summed E-state index contributed by atoms with van der Waals surface area (Å²) < 4.78 is 13.7. The summed E-state index contributed by atoms with van der Waals surface area (Å²) in [5, 5.41) is 0. The molecule has 0 heterocycles. The van der Waals surface area contributed by atoms with Gasteiger partial charge in [0.05, 0.1) is 0 Å². The Kier molecular flexibility index (Phi) is 6.10. The number of hydrogen-bond acceptors (Lipinski definition) is 1. The Morgan fingerprint density at radius 3 is 2.33 bits per heavy atom. The van der Waals surface area contributed by atoms with Crippen LogP contribution >= 0.6 is 12.4 Å². The van der Waals surface area contributed by atoms with Gasteiger partial charge < -0.3 is 0 Å². The number of rotatable bonds is 6. The van der Waals surface area contributed by atoms with Crippen molar-refractivity contribution < 1.29 is 4.39 Å². The average Bonchev–Trinajstić information content (AvgIpc) is 3.09. The van der Waals surface area contributed by atoms with E-state index in [2.05, 4.69) is 18.7 Å². The maximum absolute atomic E-state index is 13.7. The Balaban J connectivity index is 0.00000162. The first-order valence-electron chi connectivity index (χ1n) is 6.76. The minimum atomic E-state index is -0.0343. The zero-order chi connectivity index (χ0) is 12.3. The highest BCUT2D eigenvalue weighted by Crippen LogP contribution is 2.45. The lowest BCUT2D eigenvalue weighted by Gasteiger charge is -2.21. The molecule has 0 aliphatic heterocycles. The summed E-state index contributed by atoms with van der Waals surface area (Å²) in [6, 6.07) is 7.81. The summed E-state index contributed by atoms with van der Waals surface area (Å²) in [6.45, 7) is 6.71. The van der Waals surface area contributed by atoms with E-state index in [9.17, 15) is 4.39 Å². The SMILES string of the molecule is CCCN(CCC)C1CC1c1ccccc1F.Cl. The topological polar surface area (TPSA) is 3.24 Å². The third-order valence-corrected chi connectivity index (χ3v) is 3.55. The fraction of sp³-hybridized carbons (Fsp3) is 0.600. The first kappa shape index (κ1) is 15.5. The minimum Gasteiger partial charge on any atom is -0.300 e. The Hall–Kier alpha value is -0.600. The van der Waals surface area contributed by atoms with E-state index in [4.69, 9.17) is 0 Å². The molecule has 1 aromatic carbocycles. The molecule has 1 aromatic rings. The smallest absolute Gasteiger partial charge is 0.126 e. The molecular weight excluding hydrogens is 249 g/mol. The van der Waals surface area contributed by atoms with Crippen molar-refractivity contribution in [3.63, 3.8) is 0 Å². The van der Waals surface area contributed by atoms with Gasteiger partial charge in [-0.25, -0.2) is 4.39 Å². The van der Waals surface area contributed by atoms with Crippen LogP contribution in [0.5, 0.6) is 0 Å². The van der Waals surface area contributed by atoms with Crippen LogP contribution in [0.15, 0.2) is 24.3 Å². The summed E-state index contributed by atoms with van der Waals surface area (Å²) >= 11 is 0. The van der Waals surface area contributed by atoms with Crippen LogP contribution in [0.4, 0.5) is 4.39 Å². The lowest BCUT2D eigenvalue weighted by molar-refractivity contribution is 0.259. The summed E-state index contributed by atoms with van der Waals surface area (Å²) in [4.78, 5) is 2.52. The van der Waals surface area contributed by atoms with Crippen molar-refractivity contribution in [1.29, 1.82) is 0 Å². The fourth-order valence-electron chi connectivity index (χ4n) is 2.71. The second-order valence-electron chi connectivity index (χ2n) is 4.97. The maximum atomic E-state index is 13.7. The van der Waals surface area contributed by atoms with Crippen LogP contribution in [0, 0.1) is 5.82 Å². The lowest BCUT2D eigenvalue weighted by atomic mass is 10.1. The molecule has 2 unspecified atom stereocenters. The first-order chi connectivity index (χ1) is 8.27. The molecule has 1 saturated carbocycles. The van der Waals surface area contributed by atoms with Gasteiger partial charge in [-0.05, 0) is 44.0 Å². The predicted molar refractivity (Wildman–Crippen MR) is 76.9 cm³/mol. The average molecular weight is 272 g/mol. The second-order valence-corrected chi connectivity index (χ2v) is 4.97. The van der Waals surface area contributed by atoms with E-state index in [0.717, 1.165) is 25.1 Å². The molecule has 3 heteroatoms. The van der Waals surface area contributed by atoms with E-state index in [1.54, 1.807) is 12.1 Å². The van der Waals surface area contributed by atoms with Crippen LogP contribution in [0.1, 0.15) is 44.6 Å². The zero-order valence-electron chi connectivity index (χ0n) is 11.2. The quantitative estimate of drug-likeness (QED) is 0.749. The molecule has 1 nitrogen and oxygen atoms in total. The third-order valence-electron chi connectivity index (χ3n) is 3.55. The van der Waals surface area contributed by atoms with Crippen LogP contribution in [0.2, 0.25) is 0 Å². The molecule has 18 heavy (non-hydrogen) atoms. The van der Waals surface area contributed by atoms with Crippen LogP contribution in [-0.4, -0.2) is 24.0 Å². The molecule has 0 bridgehead atoms. The van der Waals surface area contributed by atoms with Crippen molar-refractivity contribution in [1.82, 2.24) is 4.90 Å². The summed E-state index contributed by atoms with van der Waals surface area (Å²) in [5.41, 5.74) is 0.912. The highest BCUT2D eigenvalue weighted by molar-refractivity contribution is 5.85. The van der Waals surface area contributed by atoms with E-state index in [-0.39, 0.29) is 18.2 Å². The Morgan fingerprint density at radius 2 is 1.78 bits per heavy atom. The van der Waals surface area contributed by atoms with Gasteiger partial charge in [0.25, 0.3) is 0 Å². The van der Waals surface area contributed by atoms with Gasteiger partial charge in [-0.1, -0.05) is 32.0 Å². The fourth-order valence-corrected chi connectivity index (χ4v) is 2.71. The monoisotopic (exact) mass is 271 g/mol. The van der Waals surface area contributed by atoms with Crippen LogP contribution in [-0.2, 0) is 0 Å². The number of halogens is 2. The molecule has 0 spiro atoms. The number of benzene rings is 1. The zero-order valence-corrected chi connectivity index (χ0v) is 12.0. The van der Waals surface area contributed by atoms with Gasteiger partial charge in [0.15, 0.2) is 0 Å². The molecule has 0 amide bonds. The van der Waals surface area contributed by atoms with Crippen molar-refractivity contribution in [3.8, 4) is 0 Å². The summed E-state index contributed by atoms with van der Waals surface area (Å²) in [6.07, 6.45) is 3.49. The number of nitrogens with zero attached hydrogens (tertiary/aromatic N) is 1. The largest absolute Gasteiger partial charge is 0.300 e. The molecule has 0 radical (unpaired) electrons. The van der Waals surface area contributed by atoms with E-state index < -0.39 is 0 Å². The second kappa shape index (κ2) is 7.10. The lowest BCUT2D eigenvalue weighted by Crippen LogP contribution is -2.28. The van der Waals surface area contributed by atoms with Gasteiger partial charge in [-0.15, -0.1) is 12.4 Å². The van der Waals surface area contributed by atoms with Crippen LogP contribution in [0.3, 0.4) is 0 Å². The van der Waals surface area contributed by atoms with Gasteiger partial charge in [0, 0.05) is 12.0 Å². The van der Waals surface area contributed by atoms with Gasteiger partial charge in [-0.3, -0.25) is 4.90 Å². The third kappa shape index (κ3) is 3.46. The van der Waals surface area contributed by atoms with Crippen molar-refractivity contribution >= 4 is 12.4 Å². The molecule has 1 aliphatic carbocycles. The molecule has 0 aromatic heterocycles.